The molecule has 0 spiro atoms. The van der Waals surface area contributed by atoms with Gasteiger partial charge in [0.2, 0.25) is 0 Å². The maximum absolute atomic E-state index is 10.6. The van der Waals surface area contributed by atoms with Gasteiger partial charge in [0, 0.05) is 13.1 Å². The molecule has 0 aliphatic rings. The van der Waals surface area contributed by atoms with Crippen LogP contribution in [0.4, 0.5) is 0 Å². The first-order chi connectivity index (χ1) is 13.6. The summed E-state index contributed by atoms with van der Waals surface area (Å²) in [5, 5.41) is 10.6. The number of para-hydroxylation sites is 1. The Balaban J connectivity index is 1.63. The Bertz CT molecular complexity index is 847. The van der Waals surface area contributed by atoms with E-state index < -0.39 is 6.10 Å². The van der Waals surface area contributed by atoms with Gasteiger partial charge in [-0.25, -0.2) is 0 Å². The monoisotopic (exact) mass is 381 g/mol. The number of aryl methyl sites for hydroxylation is 1. The van der Waals surface area contributed by atoms with Crippen molar-refractivity contribution in [3.8, 4) is 11.5 Å². The summed E-state index contributed by atoms with van der Waals surface area (Å²) in [7, 11) is 1.66. The summed E-state index contributed by atoms with van der Waals surface area (Å²) in [6.07, 6.45) is 1.04. The van der Waals surface area contributed by atoms with Crippen molar-refractivity contribution in [1.82, 2.24) is 4.90 Å². The second kappa shape index (κ2) is 9.97. The molecule has 1 atom stereocenters. The number of aliphatic hydroxyl groups is 1. The molecule has 5 nitrogen and oxygen atoms in total. The molecule has 0 saturated carbocycles. The van der Waals surface area contributed by atoms with Crippen molar-refractivity contribution in [3.05, 3.63) is 83.8 Å². The topological polar surface area (TPSA) is 55.1 Å². The van der Waals surface area contributed by atoms with E-state index in [-0.39, 0.29) is 6.61 Å². The average Bonchev–Trinajstić information content (AvgIpc) is 3.20. The fourth-order valence-electron chi connectivity index (χ4n) is 3.09. The molecule has 0 radical (unpaired) electrons. The zero-order valence-corrected chi connectivity index (χ0v) is 16.4. The van der Waals surface area contributed by atoms with Crippen LogP contribution in [0.1, 0.15) is 16.9 Å². The molecule has 0 saturated heterocycles. The molecule has 3 aromatic rings. The van der Waals surface area contributed by atoms with Crippen LogP contribution in [0.3, 0.4) is 0 Å². The Morgan fingerprint density at radius 2 is 1.89 bits per heavy atom. The number of rotatable bonds is 10. The summed E-state index contributed by atoms with van der Waals surface area (Å²) in [4.78, 5) is 2.14. The number of ether oxygens (including phenoxy) is 2. The minimum Gasteiger partial charge on any atom is -0.497 e. The molecule has 0 unspecified atom stereocenters. The number of benzene rings is 2. The predicted molar refractivity (Wildman–Crippen MR) is 108 cm³/mol. The quantitative estimate of drug-likeness (QED) is 0.574. The van der Waals surface area contributed by atoms with Crippen LogP contribution >= 0.6 is 0 Å². The van der Waals surface area contributed by atoms with E-state index in [1.165, 1.54) is 0 Å². The van der Waals surface area contributed by atoms with E-state index >= 15 is 0 Å². The zero-order chi connectivity index (χ0) is 19.8. The third-order valence-corrected chi connectivity index (χ3v) is 4.49. The average molecular weight is 381 g/mol. The first-order valence-electron chi connectivity index (χ1n) is 9.38. The fourth-order valence-corrected chi connectivity index (χ4v) is 3.09. The van der Waals surface area contributed by atoms with Crippen LogP contribution in [0.2, 0.25) is 0 Å². The van der Waals surface area contributed by atoms with Gasteiger partial charge in [-0.1, -0.05) is 30.3 Å². The fraction of sp³-hybridized carbons (Fsp3) is 0.304. The SMILES string of the molecule is COc1cccc(CN(Cc2ccco2)C[C@@H](O)COc2ccccc2C)c1. The molecular weight excluding hydrogens is 354 g/mol. The normalized spacial score (nSPS) is 12.1. The van der Waals surface area contributed by atoms with Crippen molar-refractivity contribution in [1.29, 1.82) is 0 Å². The number of methoxy groups -OCH3 is 1. The van der Waals surface area contributed by atoms with Crippen LogP contribution in [0.5, 0.6) is 11.5 Å². The molecule has 5 heteroatoms. The highest BCUT2D eigenvalue weighted by atomic mass is 16.5. The number of aliphatic hydroxyl groups excluding tert-OH is 1. The van der Waals surface area contributed by atoms with Gasteiger partial charge in [-0.05, 0) is 48.4 Å². The summed E-state index contributed by atoms with van der Waals surface area (Å²) in [5.41, 5.74) is 2.16. The Labute approximate surface area is 166 Å². The van der Waals surface area contributed by atoms with Crippen LogP contribution in [0.15, 0.2) is 71.3 Å². The molecule has 0 aliphatic carbocycles. The summed E-state index contributed by atoms with van der Waals surface area (Å²) < 4.78 is 16.6. The third kappa shape index (κ3) is 5.87. The predicted octanol–water partition coefficient (Wildman–Crippen LogP) is 4.04. The van der Waals surface area contributed by atoms with Gasteiger partial charge in [-0.3, -0.25) is 4.90 Å². The molecule has 1 heterocycles. The summed E-state index contributed by atoms with van der Waals surface area (Å²) >= 11 is 0. The minimum absolute atomic E-state index is 0.234. The number of hydrogen-bond acceptors (Lipinski definition) is 5. The van der Waals surface area contributed by atoms with Crippen molar-refractivity contribution < 1.29 is 19.0 Å². The Hall–Kier alpha value is -2.76. The number of nitrogens with zero attached hydrogens (tertiary/aromatic N) is 1. The molecular formula is C23H27NO4. The third-order valence-electron chi connectivity index (χ3n) is 4.49. The van der Waals surface area contributed by atoms with Crippen molar-refractivity contribution in [3.63, 3.8) is 0 Å². The summed E-state index contributed by atoms with van der Waals surface area (Å²) in [6, 6.07) is 19.6. The minimum atomic E-state index is -0.625. The Kier molecular flexibility index (Phi) is 7.12. The molecule has 3 rings (SSSR count). The van der Waals surface area contributed by atoms with E-state index in [9.17, 15) is 5.11 Å². The Morgan fingerprint density at radius 1 is 1.04 bits per heavy atom. The number of furan rings is 1. The van der Waals surface area contributed by atoms with Crippen LogP contribution in [0, 0.1) is 6.92 Å². The standard InChI is InChI=1S/C23H27NO4/c1-18-7-3-4-11-23(18)28-17-20(25)15-24(16-22-10-6-12-27-22)14-19-8-5-9-21(13-19)26-2/h3-13,20,25H,14-17H2,1-2H3/t20-/m1/s1. The molecule has 0 amide bonds. The van der Waals surface area contributed by atoms with Crippen LogP contribution in [0.25, 0.3) is 0 Å². The van der Waals surface area contributed by atoms with E-state index in [4.69, 9.17) is 13.9 Å². The van der Waals surface area contributed by atoms with Crippen molar-refractivity contribution in [2.24, 2.45) is 0 Å². The van der Waals surface area contributed by atoms with Gasteiger partial charge in [0.15, 0.2) is 0 Å². The van der Waals surface area contributed by atoms with Crippen LogP contribution < -0.4 is 9.47 Å². The van der Waals surface area contributed by atoms with Gasteiger partial charge >= 0.3 is 0 Å². The molecule has 1 N–H and O–H groups in total. The van der Waals surface area contributed by atoms with Crippen LogP contribution in [-0.2, 0) is 13.1 Å². The summed E-state index contributed by atoms with van der Waals surface area (Å²) in [6.45, 7) is 3.96. The first-order valence-corrected chi connectivity index (χ1v) is 9.38. The van der Waals surface area contributed by atoms with Gasteiger partial charge in [0.1, 0.15) is 30.0 Å². The van der Waals surface area contributed by atoms with E-state index in [1.54, 1.807) is 13.4 Å². The first kappa shape index (κ1) is 20.0. The van der Waals surface area contributed by atoms with Crippen molar-refractivity contribution in [2.45, 2.75) is 26.1 Å². The second-order valence-corrected chi connectivity index (χ2v) is 6.83. The van der Waals surface area contributed by atoms with E-state index in [1.807, 2.05) is 67.6 Å². The molecule has 0 aliphatic heterocycles. The van der Waals surface area contributed by atoms with Crippen molar-refractivity contribution in [2.75, 3.05) is 20.3 Å². The lowest BCUT2D eigenvalue weighted by molar-refractivity contribution is 0.0602. The molecule has 0 bridgehead atoms. The molecule has 1 aromatic heterocycles. The van der Waals surface area contributed by atoms with Crippen LogP contribution in [-0.4, -0.2) is 36.4 Å². The van der Waals surface area contributed by atoms with E-state index in [0.717, 1.165) is 28.4 Å². The molecule has 0 fully saturated rings. The van der Waals surface area contributed by atoms with Gasteiger partial charge < -0.3 is 19.0 Å². The van der Waals surface area contributed by atoms with Gasteiger partial charge in [0.25, 0.3) is 0 Å². The lowest BCUT2D eigenvalue weighted by Gasteiger charge is -2.25. The highest BCUT2D eigenvalue weighted by molar-refractivity contribution is 5.31. The van der Waals surface area contributed by atoms with Gasteiger partial charge in [-0.15, -0.1) is 0 Å². The maximum Gasteiger partial charge on any atom is 0.122 e. The zero-order valence-electron chi connectivity index (χ0n) is 16.4. The smallest absolute Gasteiger partial charge is 0.122 e. The lowest BCUT2D eigenvalue weighted by Crippen LogP contribution is -2.35. The Morgan fingerprint density at radius 3 is 2.64 bits per heavy atom. The van der Waals surface area contributed by atoms with Crippen molar-refractivity contribution >= 4 is 0 Å². The van der Waals surface area contributed by atoms with Gasteiger partial charge in [0.05, 0.1) is 19.9 Å². The van der Waals surface area contributed by atoms with E-state index in [2.05, 4.69) is 4.90 Å². The largest absolute Gasteiger partial charge is 0.497 e. The van der Waals surface area contributed by atoms with E-state index in [0.29, 0.717) is 19.6 Å². The maximum atomic E-state index is 10.6. The highest BCUT2D eigenvalue weighted by Crippen LogP contribution is 2.18. The lowest BCUT2D eigenvalue weighted by atomic mass is 10.2. The molecule has 2 aromatic carbocycles. The molecule has 148 valence electrons. The summed E-state index contributed by atoms with van der Waals surface area (Å²) in [5.74, 6) is 2.47. The molecule has 28 heavy (non-hydrogen) atoms. The number of hydrogen-bond donors (Lipinski definition) is 1. The second-order valence-electron chi connectivity index (χ2n) is 6.83. The highest BCUT2D eigenvalue weighted by Gasteiger charge is 2.15. The van der Waals surface area contributed by atoms with Gasteiger partial charge in [-0.2, -0.15) is 0 Å².